The number of nitrogens with one attached hydrogen (secondary N) is 2. The van der Waals surface area contributed by atoms with Crippen LogP contribution in [0.5, 0.6) is 23.0 Å². The van der Waals surface area contributed by atoms with Crippen molar-refractivity contribution in [2.24, 2.45) is 0 Å². The Labute approximate surface area is 171 Å². The van der Waals surface area contributed by atoms with Gasteiger partial charge in [-0.2, -0.15) is 0 Å². The molecule has 2 amide bonds. The number of alkyl halides is 1. The highest BCUT2D eigenvalue weighted by Gasteiger charge is 2.16. The Kier molecular flexibility index (Phi) is 7.51. The van der Waals surface area contributed by atoms with E-state index in [-0.39, 0.29) is 17.1 Å². The van der Waals surface area contributed by atoms with Crippen molar-refractivity contribution in [3.8, 4) is 23.0 Å². The molecule has 0 unspecified atom stereocenters. The van der Waals surface area contributed by atoms with E-state index < -0.39 is 0 Å². The third-order valence-corrected chi connectivity index (χ3v) is 4.29. The number of carbonyl (C=O) groups is 2. The lowest BCUT2D eigenvalue weighted by Gasteiger charge is -2.15. The molecule has 0 spiro atoms. The van der Waals surface area contributed by atoms with Crippen LogP contribution in [0.1, 0.15) is 10.4 Å². The summed E-state index contributed by atoms with van der Waals surface area (Å²) in [6, 6.07) is 7.98. The van der Waals surface area contributed by atoms with Crippen LogP contribution in [0.4, 0.5) is 11.4 Å². The van der Waals surface area contributed by atoms with E-state index in [4.69, 9.17) is 18.9 Å². The third-order valence-electron chi connectivity index (χ3n) is 3.78. The van der Waals surface area contributed by atoms with Gasteiger partial charge in [0, 0.05) is 23.4 Å². The van der Waals surface area contributed by atoms with Crippen molar-refractivity contribution in [1.29, 1.82) is 0 Å². The van der Waals surface area contributed by atoms with Crippen LogP contribution in [0, 0.1) is 0 Å². The van der Waals surface area contributed by atoms with Crippen molar-refractivity contribution in [2.75, 3.05) is 44.4 Å². The van der Waals surface area contributed by atoms with E-state index in [9.17, 15) is 9.59 Å². The molecule has 0 aliphatic rings. The first-order valence-electron chi connectivity index (χ1n) is 8.12. The van der Waals surface area contributed by atoms with Gasteiger partial charge in [0.05, 0.1) is 39.5 Å². The molecule has 2 aromatic carbocycles. The van der Waals surface area contributed by atoms with Crippen molar-refractivity contribution in [3.05, 3.63) is 35.9 Å². The molecule has 0 atom stereocenters. The number of halogens is 1. The summed E-state index contributed by atoms with van der Waals surface area (Å²) in [5.74, 6) is 1.05. The van der Waals surface area contributed by atoms with Gasteiger partial charge in [-0.05, 0) is 18.2 Å². The monoisotopic (exact) mass is 452 g/mol. The second-order valence-corrected chi connectivity index (χ2v) is 6.03. The van der Waals surface area contributed by atoms with E-state index in [1.165, 1.54) is 34.5 Å². The summed E-state index contributed by atoms with van der Waals surface area (Å²) in [7, 11) is 5.96. The molecule has 0 aromatic heterocycles. The summed E-state index contributed by atoms with van der Waals surface area (Å²) < 4.78 is 21.1. The molecule has 0 fully saturated rings. The largest absolute Gasteiger partial charge is 0.495 e. The van der Waals surface area contributed by atoms with Gasteiger partial charge in [0.2, 0.25) is 11.7 Å². The molecule has 0 bridgehead atoms. The Morgan fingerprint density at radius 3 is 1.96 bits per heavy atom. The van der Waals surface area contributed by atoms with Crippen LogP contribution in [0.3, 0.4) is 0 Å². The van der Waals surface area contributed by atoms with E-state index in [1.54, 1.807) is 24.3 Å². The normalized spacial score (nSPS) is 10.0. The molecule has 0 radical (unpaired) electrons. The summed E-state index contributed by atoms with van der Waals surface area (Å²) >= 11 is 3.08. The SMILES string of the molecule is COc1ccc(C(=O)Nc2cc(OC)c(OC)c(OC)c2)cc1NC(=O)CBr. The lowest BCUT2D eigenvalue weighted by Crippen LogP contribution is -2.16. The molecule has 0 saturated carbocycles. The fourth-order valence-electron chi connectivity index (χ4n) is 2.49. The first-order valence-corrected chi connectivity index (χ1v) is 9.24. The van der Waals surface area contributed by atoms with Crippen molar-refractivity contribution in [3.63, 3.8) is 0 Å². The Hall–Kier alpha value is -2.94. The lowest BCUT2D eigenvalue weighted by molar-refractivity contribution is -0.113. The Morgan fingerprint density at radius 2 is 1.46 bits per heavy atom. The molecule has 0 aliphatic heterocycles. The van der Waals surface area contributed by atoms with E-state index in [0.29, 0.717) is 39.9 Å². The minimum atomic E-state index is -0.383. The molecular formula is C19H21BrN2O6. The fraction of sp³-hybridized carbons (Fsp3) is 0.263. The van der Waals surface area contributed by atoms with Gasteiger partial charge in [-0.25, -0.2) is 0 Å². The van der Waals surface area contributed by atoms with Crippen LogP contribution in [-0.4, -0.2) is 45.6 Å². The summed E-state index contributed by atoms with van der Waals surface area (Å²) in [5, 5.41) is 5.57. The molecule has 8 nitrogen and oxygen atoms in total. The smallest absolute Gasteiger partial charge is 0.255 e. The maximum absolute atomic E-state index is 12.7. The van der Waals surface area contributed by atoms with Gasteiger partial charge in [-0.1, -0.05) is 15.9 Å². The standard InChI is InChI=1S/C19H21BrN2O6/c1-25-14-6-5-11(7-13(14)22-17(23)10-20)19(24)21-12-8-15(26-2)18(28-4)16(9-12)27-3/h5-9H,10H2,1-4H3,(H,21,24)(H,22,23). The number of methoxy groups -OCH3 is 4. The second kappa shape index (κ2) is 9.84. The lowest BCUT2D eigenvalue weighted by atomic mass is 10.1. The van der Waals surface area contributed by atoms with Crippen LogP contribution >= 0.6 is 15.9 Å². The number of ether oxygens (including phenoxy) is 4. The minimum absolute atomic E-state index is 0.123. The summed E-state index contributed by atoms with van der Waals surface area (Å²) in [6.45, 7) is 0. The predicted molar refractivity (Wildman–Crippen MR) is 109 cm³/mol. The maximum atomic E-state index is 12.7. The molecule has 9 heteroatoms. The number of rotatable bonds is 8. The minimum Gasteiger partial charge on any atom is -0.495 e. The average Bonchev–Trinajstić information content (AvgIpc) is 2.72. The van der Waals surface area contributed by atoms with Crippen molar-refractivity contribution in [1.82, 2.24) is 0 Å². The molecular weight excluding hydrogens is 432 g/mol. The van der Waals surface area contributed by atoms with Gasteiger partial charge in [0.25, 0.3) is 5.91 Å². The number of amides is 2. The molecule has 150 valence electrons. The van der Waals surface area contributed by atoms with Crippen molar-refractivity contribution >= 4 is 39.1 Å². The number of hydrogen-bond donors (Lipinski definition) is 2. The Morgan fingerprint density at radius 1 is 0.857 bits per heavy atom. The van der Waals surface area contributed by atoms with E-state index in [1.807, 2.05) is 0 Å². The van der Waals surface area contributed by atoms with E-state index in [0.717, 1.165) is 0 Å². The highest BCUT2D eigenvalue weighted by Crippen LogP contribution is 2.40. The van der Waals surface area contributed by atoms with Gasteiger partial charge in [0.1, 0.15) is 5.75 Å². The zero-order valence-corrected chi connectivity index (χ0v) is 17.5. The van der Waals surface area contributed by atoms with Gasteiger partial charge < -0.3 is 29.6 Å². The van der Waals surface area contributed by atoms with Gasteiger partial charge >= 0.3 is 0 Å². The van der Waals surface area contributed by atoms with Gasteiger partial charge in [-0.3, -0.25) is 9.59 Å². The molecule has 0 heterocycles. The Balaban J connectivity index is 2.32. The molecule has 2 N–H and O–H groups in total. The number of benzene rings is 2. The number of hydrogen-bond acceptors (Lipinski definition) is 6. The van der Waals surface area contributed by atoms with Crippen LogP contribution in [0.25, 0.3) is 0 Å². The van der Waals surface area contributed by atoms with Gasteiger partial charge in [-0.15, -0.1) is 0 Å². The number of carbonyl (C=O) groups excluding carboxylic acids is 2. The molecule has 0 aliphatic carbocycles. The first kappa shape index (κ1) is 21.4. The highest BCUT2D eigenvalue weighted by atomic mass is 79.9. The summed E-state index contributed by atoms with van der Waals surface area (Å²) in [5.41, 5.74) is 1.19. The zero-order chi connectivity index (χ0) is 20.7. The average molecular weight is 453 g/mol. The second-order valence-electron chi connectivity index (χ2n) is 5.47. The Bertz CT molecular complexity index is 846. The van der Waals surface area contributed by atoms with Crippen molar-refractivity contribution < 1.29 is 28.5 Å². The van der Waals surface area contributed by atoms with E-state index >= 15 is 0 Å². The van der Waals surface area contributed by atoms with Crippen LogP contribution in [-0.2, 0) is 4.79 Å². The molecule has 2 rings (SSSR count). The fourth-order valence-corrected chi connectivity index (χ4v) is 2.63. The molecule has 0 saturated heterocycles. The summed E-state index contributed by atoms with van der Waals surface area (Å²) in [6.07, 6.45) is 0. The quantitative estimate of drug-likeness (QED) is 0.596. The summed E-state index contributed by atoms with van der Waals surface area (Å²) in [4.78, 5) is 24.4. The van der Waals surface area contributed by atoms with Crippen LogP contribution in [0.2, 0.25) is 0 Å². The van der Waals surface area contributed by atoms with Crippen molar-refractivity contribution in [2.45, 2.75) is 0 Å². The maximum Gasteiger partial charge on any atom is 0.255 e. The van der Waals surface area contributed by atoms with E-state index in [2.05, 4.69) is 26.6 Å². The predicted octanol–water partition coefficient (Wildman–Crippen LogP) is 3.31. The first-order chi connectivity index (χ1) is 13.5. The molecule has 2 aromatic rings. The highest BCUT2D eigenvalue weighted by molar-refractivity contribution is 9.09. The third kappa shape index (κ3) is 4.86. The van der Waals surface area contributed by atoms with Crippen LogP contribution in [0.15, 0.2) is 30.3 Å². The topological polar surface area (TPSA) is 95.1 Å². The molecule has 28 heavy (non-hydrogen) atoms. The van der Waals surface area contributed by atoms with Gasteiger partial charge in [0.15, 0.2) is 11.5 Å². The van der Waals surface area contributed by atoms with Crippen LogP contribution < -0.4 is 29.6 Å². The zero-order valence-electron chi connectivity index (χ0n) is 15.9. The number of anilines is 2.